The summed E-state index contributed by atoms with van der Waals surface area (Å²) in [5, 5.41) is 2.67. The Kier molecular flexibility index (Phi) is 8.06. The summed E-state index contributed by atoms with van der Waals surface area (Å²) in [6.07, 6.45) is 0.776. The average Bonchev–Trinajstić information content (AvgIpc) is 2.78. The summed E-state index contributed by atoms with van der Waals surface area (Å²) in [6, 6.07) is 12.1. The Bertz CT molecular complexity index is 929. The minimum Gasteiger partial charge on any atom is -0.406 e. The van der Waals surface area contributed by atoms with Crippen molar-refractivity contribution in [2.45, 2.75) is 49.4 Å². The molecule has 2 aromatic carbocycles. The summed E-state index contributed by atoms with van der Waals surface area (Å²) in [7, 11) is 1.84. The van der Waals surface area contributed by atoms with Gasteiger partial charge >= 0.3 is 6.36 Å². The van der Waals surface area contributed by atoms with Crippen molar-refractivity contribution < 1.29 is 27.5 Å². The number of nitrogens with one attached hydrogen (secondary N) is 1. The van der Waals surface area contributed by atoms with Gasteiger partial charge in [-0.05, 0) is 49.2 Å². The van der Waals surface area contributed by atoms with Gasteiger partial charge in [0.25, 0.3) is 5.91 Å². The van der Waals surface area contributed by atoms with Crippen molar-refractivity contribution >= 4 is 29.3 Å². The highest BCUT2D eigenvalue weighted by Crippen LogP contribution is 2.27. The summed E-state index contributed by atoms with van der Waals surface area (Å²) in [4.78, 5) is 27.9. The van der Waals surface area contributed by atoms with E-state index in [1.807, 2.05) is 11.9 Å². The number of nitrogens with zero attached hydrogens (tertiary/aromatic N) is 1. The monoisotopic (exact) mass is 466 g/mol. The van der Waals surface area contributed by atoms with Gasteiger partial charge in [-0.25, -0.2) is 0 Å². The second-order valence-corrected chi connectivity index (χ2v) is 8.62. The Balaban J connectivity index is 1.60. The highest BCUT2D eigenvalue weighted by atomic mass is 32.2. The summed E-state index contributed by atoms with van der Waals surface area (Å²) in [5.41, 5.74) is 0.721. The van der Waals surface area contributed by atoms with E-state index in [-0.39, 0.29) is 23.5 Å². The molecule has 32 heavy (non-hydrogen) atoms. The molecule has 0 radical (unpaired) electrons. The van der Waals surface area contributed by atoms with E-state index >= 15 is 0 Å². The van der Waals surface area contributed by atoms with E-state index in [9.17, 15) is 22.8 Å². The molecular weight excluding hydrogens is 441 g/mol. The molecule has 1 aliphatic carbocycles. The fraction of sp³-hybridized carbons (Fsp3) is 0.391. The topological polar surface area (TPSA) is 58.6 Å². The van der Waals surface area contributed by atoms with E-state index in [1.54, 1.807) is 24.3 Å². The SMILES string of the molecule is CN(C(=O)CSc1ccccc1C(=O)Nc1ccc(OC(F)(F)F)cc1)C1CCCCC1. The second kappa shape index (κ2) is 10.8. The van der Waals surface area contributed by atoms with Gasteiger partial charge in [-0.1, -0.05) is 31.4 Å². The van der Waals surface area contributed by atoms with Crippen LogP contribution >= 0.6 is 11.8 Å². The highest BCUT2D eigenvalue weighted by molar-refractivity contribution is 8.00. The van der Waals surface area contributed by atoms with Crippen molar-refractivity contribution in [2.75, 3.05) is 18.1 Å². The van der Waals surface area contributed by atoms with Crippen molar-refractivity contribution in [1.29, 1.82) is 0 Å². The van der Waals surface area contributed by atoms with Gasteiger partial charge in [0, 0.05) is 23.7 Å². The number of anilines is 1. The first-order chi connectivity index (χ1) is 15.2. The number of amides is 2. The van der Waals surface area contributed by atoms with E-state index in [0.29, 0.717) is 16.1 Å². The van der Waals surface area contributed by atoms with Crippen LogP contribution in [0.25, 0.3) is 0 Å². The molecule has 5 nitrogen and oxygen atoms in total. The maximum Gasteiger partial charge on any atom is 0.573 e. The third-order valence-electron chi connectivity index (χ3n) is 5.34. The Labute approximate surface area is 189 Å². The third-order valence-corrected chi connectivity index (χ3v) is 6.40. The molecule has 3 rings (SSSR count). The molecule has 172 valence electrons. The normalized spacial score (nSPS) is 14.6. The third kappa shape index (κ3) is 6.91. The molecule has 0 unspecified atom stereocenters. The number of ether oxygens (including phenoxy) is 1. The predicted molar refractivity (Wildman–Crippen MR) is 118 cm³/mol. The Hall–Kier alpha value is -2.68. The van der Waals surface area contributed by atoms with E-state index in [1.165, 1.54) is 30.3 Å². The molecule has 1 saturated carbocycles. The Morgan fingerprint density at radius 2 is 1.72 bits per heavy atom. The van der Waals surface area contributed by atoms with Gasteiger partial charge in [-0.3, -0.25) is 9.59 Å². The lowest BCUT2D eigenvalue weighted by Crippen LogP contribution is -2.39. The van der Waals surface area contributed by atoms with Gasteiger partial charge in [-0.15, -0.1) is 24.9 Å². The quantitative estimate of drug-likeness (QED) is 0.530. The van der Waals surface area contributed by atoms with Crippen molar-refractivity contribution in [3.8, 4) is 5.75 Å². The number of halogens is 3. The minimum atomic E-state index is -4.77. The van der Waals surface area contributed by atoms with Crippen molar-refractivity contribution in [3.63, 3.8) is 0 Å². The molecule has 0 saturated heterocycles. The van der Waals surface area contributed by atoms with Gasteiger partial charge in [-0.2, -0.15) is 0 Å². The van der Waals surface area contributed by atoms with E-state index in [0.717, 1.165) is 37.8 Å². The number of rotatable bonds is 7. The first kappa shape index (κ1) is 24.0. The molecule has 0 atom stereocenters. The van der Waals surface area contributed by atoms with E-state index in [4.69, 9.17) is 0 Å². The zero-order chi connectivity index (χ0) is 23.1. The number of hydrogen-bond donors (Lipinski definition) is 1. The van der Waals surface area contributed by atoms with Crippen LogP contribution in [0.5, 0.6) is 5.75 Å². The van der Waals surface area contributed by atoms with Crippen LogP contribution in [-0.4, -0.2) is 41.9 Å². The molecule has 1 aliphatic rings. The number of benzene rings is 2. The molecule has 1 fully saturated rings. The molecular formula is C23H25F3N2O3S. The Morgan fingerprint density at radius 1 is 1.06 bits per heavy atom. The molecule has 0 aliphatic heterocycles. The van der Waals surface area contributed by atoms with Crippen LogP contribution < -0.4 is 10.1 Å². The van der Waals surface area contributed by atoms with Crippen molar-refractivity contribution in [2.24, 2.45) is 0 Å². The number of thioether (sulfide) groups is 1. The van der Waals surface area contributed by atoms with Gasteiger partial charge in [0.1, 0.15) is 5.75 Å². The summed E-state index contributed by atoms with van der Waals surface area (Å²) in [6.45, 7) is 0. The van der Waals surface area contributed by atoms with Gasteiger partial charge < -0.3 is 15.0 Å². The molecule has 2 aromatic rings. The number of carbonyl (C=O) groups excluding carboxylic acids is 2. The summed E-state index contributed by atoms with van der Waals surface area (Å²) < 4.78 is 40.7. The van der Waals surface area contributed by atoms with Crippen LogP contribution in [0.1, 0.15) is 42.5 Å². The maximum atomic E-state index is 12.7. The molecule has 0 aromatic heterocycles. The molecule has 9 heteroatoms. The minimum absolute atomic E-state index is 0.0253. The van der Waals surface area contributed by atoms with Crippen molar-refractivity contribution in [3.05, 3.63) is 54.1 Å². The molecule has 0 bridgehead atoms. The lowest BCUT2D eigenvalue weighted by atomic mass is 9.94. The molecule has 0 spiro atoms. The van der Waals surface area contributed by atoms with Gasteiger partial charge in [0.15, 0.2) is 0 Å². The van der Waals surface area contributed by atoms with Crippen LogP contribution in [0.15, 0.2) is 53.4 Å². The van der Waals surface area contributed by atoms with Crippen LogP contribution in [-0.2, 0) is 4.79 Å². The lowest BCUT2D eigenvalue weighted by Gasteiger charge is -2.31. The number of alkyl halides is 3. The van der Waals surface area contributed by atoms with Crippen molar-refractivity contribution in [1.82, 2.24) is 4.90 Å². The second-order valence-electron chi connectivity index (χ2n) is 7.61. The van der Waals surface area contributed by atoms with E-state index in [2.05, 4.69) is 10.1 Å². The fourth-order valence-electron chi connectivity index (χ4n) is 3.63. The fourth-order valence-corrected chi connectivity index (χ4v) is 4.61. The van der Waals surface area contributed by atoms with E-state index < -0.39 is 12.3 Å². The standard InChI is InChI=1S/C23H25F3N2O3S/c1-28(17-7-3-2-4-8-17)21(29)15-32-20-10-6-5-9-19(20)22(30)27-16-11-13-18(14-12-16)31-23(24,25)26/h5-6,9-14,17H,2-4,7-8,15H2,1H3,(H,27,30). The molecule has 2 amide bonds. The van der Waals surface area contributed by atoms with Gasteiger partial charge in [0.2, 0.25) is 5.91 Å². The maximum absolute atomic E-state index is 12.7. The lowest BCUT2D eigenvalue weighted by molar-refractivity contribution is -0.274. The largest absolute Gasteiger partial charge is 0.573 e. The zero-order valence-electron chi connectivity index (χ0n) is 17.7. The van der Waals surface area contributed by atoms with Crippen LogP contribution in [0.4, 0.5) is 18.9 Å². The zero-order valence-corrected chi connectivity index (χ0v) is 18.5. The predicted octanol–water partition coefficient (Wildman–Crippen LogP) is 5.72. The Morgan fingerprint density at radius 3 is 2.38 bits per heavy atom. The average molecular weight is 467 g/mol. The van der Waals surface area contributed by atoms with Crippen LogP contribution in [0, 0.1) is 0 Å². The van der Waals surface area contributed by atoms with Gasteiger partial charge in [0.05, 0.1) is 11.3 Å². The molecule has 1 N–H and O–H groups in total. The summed E-state index contributed by atoms with van der Waals surface area (Å²) in [5.74, 6) is -0.532. The number of hydrogen-bond acceptors (Lipinski definition) is 4. The smallest absolute Gasteiger partial charge is 0.406 e. The first-order valence-electron chi connectivity index (χ1n) is 10.4. The number of carbonyl (C=O) groups is 2. The molecule has 0 heterocycles. The van der Waals surface area contributed by atoms with Crippen LogP contribution in [0.2, 0.25) is 0 Å². The first-order valence-corrected chi connectivity index (χ1v) is 11.4. The summed E-state index contributed by atoms with van der Waals surface area (Å²) >= 11 is 1.30. The highest BCUT2D eigenvalue weighted by Gasteiger charge is 2.31. The van der Waals surface area contributed by atoms with Crippen LogP contribution in [0.3, 0.4) is 0 Å².